The van der Waals surface area contributed by atoms with Crippen molar-refractivity contribution in [1.29, 1.82) is 0 Å². The summed E-state index contributed by atoms with van der Waals surface area (Å²) in [7, 11) is 4.29. The number of hydrogen-bond acceptors (Lipinski definition) is 3. The molecule has 1 unspecified atom stereocenters. The minimum atomic E-state index is -0.212. The Labute approximate surface area is 121 Å². The molecule has 1 aliphatic rings. The second kappa shape index (κ2) is 7.16. The molecule has 2 rings (SSSR count). The van der Waals surface area contributed by atoms with Crippen LogP contribution in [0.4, 0.5) is 4.39 Å². The zero-order valence-electron chi connectivity index (χ0n) is 12.6. The van der Waals surface area contributed by atoms with E-state index in [-0.39, 0.29) is 11.9 Å². The van der Waals surface area contributed by atoms with Crippen molar-refractivity contribution in [3.8, 4) is 0 Å². The molecule has 20 heavy (non-hydrogen) atoms. The van der Waals surface area contributed by atoms with Crippen LogP contribution < -0.4 is 5.73 Å². The summed E-state index contributed by atoms with van der Waals surface area (Å²) in [5.74, 6) is 0.548. The van der Waals surface area contributed by atoms with Crippen LogP contribution in [-0.4, -0.2) is 50.1 Å². The second-order valence-corrected chi connectivity index (χ2v) is 6.13. The van der Waals surface area contributed by atoms with Crippen molar-refractivity contribution in [2.75, 3.05) is 40.3 Å². The van der Waals surface area contributed by atoms with Gasteiger partial charge in [-0.3, -0.25) is 0 Å². The fourth-order valence-electron chi connectivity index (χ4n) is 2.94. The lowest BCUT2D eigenvalue weighted by atomic mass is 9.96. The highest BCUT2D eigenvalue weighted by Crippen LogP contribution is 2.18. The van der Waals surface area contributed by atoms with Crippen LogP contribution >= 0.6 is 0 Å². The number of nitrogens with two attached hydrogens (primary N) is 1. The Kier molecular flexibility index (Phi) is 5.52. The Bertz CT molecular complexity index is 416. The molecular formula is C16H26FN3. The molecule has 3 nitrogen and oxygen atoms in total. The van der Waals surface area contributed by atoms with Crippen molar-refractivity contribution in [3.63, 3.8) is 0 Å². The molecule has 112 valence electrons. The van der Waals surface area contributed by atoms with Crippen molar-refractivity contribution in [3.05, 3.63) is 35.6 Å². The molecule has 1 aromatic carbocycles. The Hall–Kier alpha value is -0.970. The van der Waals surface area contributed by atoms with E-state index < -0.39 is 0 Å². The Morgan fingerprint density at radius 3 is 2.75 bits per heavy atom. The van der Waals surface area contributed by atoms with Crippen molar-refractivity contribution < 1.29 is 4.39 Å². The first kappa shape index (κ1) is 15.4. The lowest BCUT2D eigenvalue weighted by Crippen LogP contribution is -2.38. The molecule has 2 N–H and O–H groups in total. The van der Waals surface area contributed by atoms with Crippen LogP contribution in [0.2, 0.25) is 0 Å². The van der Waals surface area contributed by atoms with Crippen LogP contribution in [-0.2, 0) is 0 Å². The highest BCUT2D eigenvalue weighted by molar-refractivity contribution is 5.20. The number of benzene rings is 1. The summed E-state index contributed by atoms with van der Waals surface area (Å²) >= 11 is 0. The third-order valence-electron chi connectivity index (χ3n) is 4.19. The molecule has 1 atom stereocenters. The maximum atomic E-state index is 13.2. The van der Waals surface area contributed by atoms with Gasteiger partial charge >= 0.3 is 0 Å². The van der Waals surface area contributed by atoms with Gasteiger partial charge in [0, 0.05) is 19.1 Å². The zero-order chi connectivity index (χ0) is 14.5. The fourth-order valence-corrected chi connectivity index (χ4v) is 2.94. The van der Waals surface area contributed by atoms with Crippen LogP contribution in [0.15, 0.2) is 24.3 Å². The Balaban J connectivity index is 1.80. The van der Waals surface area contributed by atoms with Gasteiger partial charge in [-0.05, 0) is 63.6 Å². The molecule has 0 aliphatic carbocycles. The van der Waals surface area contributed by atoms with Gasteiger partial charge < -0.3 is 15.5 Å². The maximum absolute atomic E-state index is 13.2. The number of piperidine rings is 1. The minimum Gasteiger partial charge on any atom is -0.323 e. The molecule has 0 saturated carbocycles. The highest BCUT2D eigenvalue weighted by atomic mass is 19.1. The second-order valence-electron chi connectivity index (χ2n) is 6.13. The summed E-state index contributed by atoms with van der Waals surface area (Å²) in [4.78, 5) is 4.67. The molecule has 1 saturated heterocycles. The largest absolute Gasteiger partial charge is 0.323 e. The summed E-state index contributed by atoms with van der Waals surface area (Å²) in [5, 5.41) is 0. The number of likely N-dealkylation sites (N-methyl/N-ethyl adjacent to an activating group) is 1. The number of rotatable bonds is 5. The predicted molar refractivity (Wildman–Crippen MR) is 81.0 cm³/mol. The zero-order valence-corrected chi connectivity index (χ0v) is 12.6. The summed E-state index contributed by atoms with van der Waals surface area (Å²) in [6.45, 7) is 4.23. The summed E-state index contributed by atoms with van der Waals surface area (Å²) in [5.41, 5.74) is 7.05. The first-order valence-corrected chi connectivity index (χ1v) is 7.42. The van der Waals surface area contributed by atoms with Gasteiger partial charge in [0.25, 0.3) is 0 Å². The molecule has 0 aromatic heterocycles. The van der Waals surface area contributed by atoms with Crippen molar-refractivity contribution >= 4 is 0 Å². The average molecular weight is 279 g/mol. The van der Waals surface area contributed by atoms with Crippen LogP contribution in [0.3, 0.4) is 0 Å². The first-order valence-electron chi connectivity index (χ1n) is 7.42. The van der Waals surface area contributed by atoms with E-state index in [1.54, 1.807) is 6.07 Å². The van der Waals surface area contributed by atoms with E-state index >= 15 is 0 Å². The predicted octanol–water partition coefficient (Wildman–Crippen LogP) is 2.10. The van der Waals surface area contributed by atoms with E-state index in [0.717, 1.165) is 24.6 Å². The average Bonchev–Trinajstić information content (AvgIpc) is 2.41. The van der Waals surface area contributed by atoms with Crippen LogP contribution in [0.25, 0.3) is 0 Å². The van der Waals surface area contributed by atoms with Gasteiger partial charge in [0.1, 0.15) is 5.82 Å². The summed E-state index contributed by atoms with van der Waals surface area (Å²) < 4.78 is 13.2. The summed E-state index contributed by atoms with van der Waals surface area (Å²) in [6, 6.07) is 6.49. The molecule has 1 fully saturated rings. The van der Waals surface area contributed by atoms with Crippen LogP contribution in [0.5, 0.6) is 0 Å². The fraction of sp³-hybridized carbons (Fsp3) is 0.625. The number of halogens is 1. The van der Waals surface area contributed by atoms with Gasteiger partial charge in [-0.25, -0.2) is 4.39 Å². The molecule has 0 amide bonds. The van der Waals surface area contributed by atoms with E-state index in [0.29, 0.717) is 0 Å². The lowest BCUT2D eigenvalue weighted by molar-refractivity contribution is 0.172. The Morgan fingerprint density at radius 1 is 1.40 bits per heavy atom. The van der Waals surface area contributed by atoms with Crippen molar-refractivity contribution in [1.82, 2.24) is 9.80 Å². The van der Waals surface area contributed by atoms with Gasteiger partial charge in [-0.15, -0.1) is 0 Å². The monoisotopic (exact) mass is 279 g/mol. The number of hydrogen-bond donors (Lipinski definition) is 1. The van der Waals surface area contributed by atoms with Crippen LogP contribution in [0.1, 0.15) is 24.4 Å². The van der Waals surface area contributed by atoms with Crippen molar-refractivity contribution in [2.45, 2.75) is 18.9 Å². The first-order chi connectivity index (χ1) is 9.54. The molecule has 4 heteroatoms. The van der Waals surface area contributed by atoms with Crippen LogP contribution in [0, 0.1) is 11.7 Å². The van der Waals surface area contributed by atoms with Gasteiger partial charge in [-0.2, -0.15) is 0 Å². The molecular weight excluding hydrogens is 253 g/mol. The molecule has 0 radical (unpaired) electrons. The van der Waals surface area contributed by atoms with Crippen molar-refractivity contribution in [2.24, 2.45) is 11.7 Å². The van der Waals surface area contributed by atoms with E-state index in [1.807, 2.05) is 6.07 Å². The normalized spacial score (nSPS) is 19.4. The Morgan fingerprint density at radius 2 is 2.10 bits per heavy atom. The van der Waals surface area contributed by atoms with Gasteiger partial charge in [0.2, 0.25) is 0 Å². The molecule has 1 heterocycles. The highest BCUT2D eigenvalue weighted by Gasteiger charge is 2.19. The van der Waals surface area contributed by atoms with E-state index in [9.17, 15) is 4.39 Å². The smallest absolute Gasteiger partial charge is 0.123 e. The molecule has 1 aromatic rings. The maximum Gasteiger partial charge on any atom is 0.123 e. The van der Waals surface area contributed by atoms with Gasteiger partial charge in [-0.1, -0.05) is 12.1 Å². The number of nitrogens with zero attached hydrogens (tertiary/aromatic N) is 2. The van der Waals surface area contributed by atoms with Gasteiger partial charge in [0.15, 0.2) is 0 Å². The molecule has 0 bridgehead atoms. The number of likely N-dealkylation sites (tertiary alicyclic amines) is 1. The quantitative estimate of drug-likeness (QED) is 0.896. The summed E-state index contributed by atoms with van der Waals surface area (Å²) in [6.07, 6.45) is 2.52. The molecule has 1 aliphatic heterocycles. The van der Waals surface area contributed by atoms with E-state index in [4.69, 9.17) is 5.73 Å². The molecule has 0 spiro atoms. The third-order valence-corrected chi connectivity index (χ3v) is 4.19. The lowest BCUT2D eigenvalue weighted by Gasteiger charge is -2.32. The van der Waals surface area contributed by atoms with E-state index in [1.165, 1.54) is 38.1 Å². The topological polar surface area (TPSA) is 32.5 Å². The SMILES string of the molecule is CN1CCC(CN(C)CC(N)c2cccc(F)c2)CC1. The van der Waals surface area contributed by atoms with E-state index in [2.05, 4.69) is 23.9 Å². The standard InChI is InChI=1S/C16H26FN3/c1-19-8-6-13(7-9-19)11-20(2)12-16(18)14-4-3-5-15(17)10-14/h3-5,10,13,16H,6-9,11-12,18H2,1-2H3. The van der Waals surface area contributed by atoms with Gasteiger partial charge in [0.05, 0.1) is 0 Å². The third kappa shape index (κ3) is 4.54. The minimum absolute atomic E-state index is 0.123.